The minimum absolute atomic E-state index is 0.0733. The second kappa shape index (κ2) is 7.10. The molecule has 1 atom stereocenters. The van der Waals surface area contributed by atoms with Crippen molar-refractivity contribution >= 4 is 16.7 Å². The molecule has 0 saturated heterocycles. The molecule has 0 aliphatic heterocycles. The van der Waals surface area contributed by atoms with Gasteiger partial charge in [-0.15, -0.1) is 0 Å². The molecule has 116 valence electrons. The Balaban J connectivity index is 1.63. The fourth-order valence-electron chi connectivity index (χ4n) is 2.85. The maximum Gasteiger partial charge on any atom is 0.224 e. The van der Waals surface area contributed by atoms with Gasteiger partial charge >= 0.3 is 0 Å². The lowest BCUT2D eigenvalue weighted by molar-refractivity contribution is -0.120. The highest BCUT2D eigenvalue weighted by Crippen LogP contribution is 2.19. The zero-order valence-corrected chi connectivity index (χ0v) is 13.3. The van der Waals surface area contributed by atoms with E-state index < -0.39 is 0 Å². The van der Waals surface area contributed by atoms with Gasteiger partial charge < -0.3 is 5.32 Å². The Hall–Kier alpha value is -2.61. The Labute approximate surface area is 137 Å². The molecule has 0 unspecified atom stereocenters. The van der Waals surface area contributed by atoms with Gasteiger partial charge in [-0.2, -0.15) is 0 Å². The molecule has 2 nitrogen and oxygen atoms in total. The van der Waals surface area contributed by atoms with Crippen molar-refractivity contribution in [3.8, 4) is 0 Å². The van der Waals surface area contributed by atoms with E-state index in [2.05, 4.69) is 42.6 Å². The Morgan fingerprint density at radius 2 is 1.61 bits per heavy atom. The number of rotatable bonds is 5. The molecular formula is C21H21NO. The fourth-order valence-corrected chi connectivity index (χ4v) is 2.85. The van der Waals surface area contributed by atoms with Crippen molar-refractivity contribution in [2.45, 2.75) is 19.3 Å². The van der Waals surface area contributed by atoms with Crippen molar-refractivity contribution in [1.82, 2.24) is 5.32 Å². The van der Waals surface area contributed by atoms with Gasteiger partial charge in [0.1, 0.15) is 0 Å². The van der Waals surface area contributed by atoms with E-state index in [1.807, 2.05) is 42.5 Å². The van der Waals surface area contributed by atoms with Crippen LogP contribution < -0.4 is 5.32 Å². The quantitative estimate of drug-likeness (QED) is 0.748. The molecule has 0 aromatic heterocycles. The lowest BCUT2D eigenvalue weighted by Crippen LogP contribution is -2.28. The van der Waals surface area contributed by atoms with Crippen LogP contribution in [0.5, 0.6) is 0 Å². The number of benzene rings is 3. The number of carbonyl (C=O) groups excluding carboxylic acids is 1. The lowest BCUT2D eigenvalue weighted by Gasteiger charge is -2.13. The van der Waals surface area contributed by atoms with Gasteiger partial charge in [-0.1, -0.05) is 79.7 Å². The number of fused-ring (bicyclic) bond motifs is 1. The van der Waals surface area contributed by atoms with E-state index in [1.54, 1.807) is 0 Å². The van der Waals surface area contributed by atoms with Crippen LogP contribution in [-0.2, 0) is 11.2 Å². The monoisotopic (exact) mass is 303 g/mol. The van der Waals surface area contributed by atoms with Gasteiger partial charge in [0.15, 0.2) is 0 Å². The Bertz CT molecular complexity index is 790. The first-order valence-electron chi connectivity index (χ1n) is 8.02. The summed E-state index contributed by atoms with van der Waals surface area (Å²) in [6.07, 6.45) is 0.420. The zero-order chi connectivity index (χ0) is 16.1. The highest BCUT2D eigenvalue weighted by Gasteiger charge is 2.09. The molecule has 23 heavy (non-hydrogen) atoms. The second-order valence-corrected chi connectivity index (χ2v) is 5.93. The summed E-state index contributed by atoms with van der Waals surface area (Å²) in [6.45, 7) is 2.79. The first-order chi connectivity index (χ1) is 11.2. The molecule has 0 fully saturated rings. The second-order valence-electron chi connectivity index (χ2n) is 5.93. The SMILES string of the molecule is C[C@@H](CNC(=O)Cc1cccc2ccccc12)c1ccccc1. The molecule has 0 saturated carbocycles. The van der Waals surface area contributed by atoms with E-state index >= 15 is 0 Å². The summed E-state index contributed by atoms with van der Waals surface area (Å²) in [7, 11) is 0. The maximum absolute atomic E-state index is 12.3. The van der Waals surface area contributed by atoms with Crippen molar-refractivity contribution in [2.24, 2.45) is 0 Å². The van der Waals surface area contributed by atoms with Gasteiger partial charge in [-0.3, -0.25) is 4.79 Å². The number of nitrogens with one attached hydrogen (secondary N) is 1. The van der Waals surface area contributed by atoms with Gasteiger partial charge in [-0.05, 0) is 27.8 Å². The van der Waals surface area contributed by atoms with Crippen molar-refractivity contribution in [2.75, 3.05) is 6.54 Å². The molecule has 1 amide bonds. The van der Waals surface area contributed by atoms with Gasteiger partial charge in [-0.25, -0.2) is 0 Å². The molecule has 0 heterocycles. The first-order valence-corrected chi connectivity index (χ1v) is 8.02. The Kier molecular flexibility index (Phi) is 4.72. The van der Waals surface area contributed by atoms with E-state index in [0.29, 0.717) is 18.9 Å². The van der Waals surface area contributed by atoms with E-state index in [4.69, 9.17) is 0 Å². The summed E-state index contributed by atoms with van der Waals surface area (Å²) in [5.41, 5.74) is 2.32. The number of carbonyl (C=O) groups is 1. The van der Waals surface area contributed by atoms with Crippen molar-refractivity contribution in [3.05, 3.63) is 83.9 Å². The zero-order valence-electron chi connectivity index (χ0n) is 13.3. The van der Waals surface area contributed by atoms with Gasteiger partial charge in [0.05, 0.1) is 6.42 Å². The van der Waals surface area contributed by atoms with Gasteiger partial charge in [0, 0.05) is 6.54 Å². The smallest absolute Gasteiger partial charge is 0.224 e. The number of hydrogen-bond acceptors (Lipinski definition) is 1. The summed E-state index contributed by atoms with van der Waals surface area (Å²) in [6, 6.07) is 24.6. The molecular weight excluding hydrogens is 282 g/mol. The molecule has 1 N–H and O–H groups in total. The molecule has 0 spiro atoms. The van der Waals surface area contributed by atoms with Gasteiger partial charge in [0.25, 0.3) is 0 Å². The summed E-state index contributed by atoms with van der Waals surface area (Å²) in [5.74, 6) is 0.386. The summed E-state index contributed by atoms with van der Waals surface area (Å²) in [4.78, 5) is 12.3. The van der Waals surface area contributed by atoms with E-state index in [-0.39, 0.29) is 5.91 Å². The summed E-state index contributed by atoms with van der Waals surface area (Å²) in [5, 5.41) is 5.39. The molecule has 0 aliphatic rings. The van der Waals surface area contributed by atoms with Crippen LogP contribution in [0.25, 0.3) is 10.8 Å². The van der Waals surface area contributed by atoms with E-state index in [0.717, 1.165) is 10.9 Å². The standard InChI is InChI=1S/C21H21NO/c1-16(17-8-3-2-4-9-17)15-22-21(23)14-19-12-7-11-18-10-5-6-13-20(18)19/h2-13,16H,14-15H2,1H3,(H,22,23)/t16-/m0/s1. The molecule has 3 aromatic rings. The van der Waals surface area contributed by atoms with Crippen LogP contribution in [0.2, 0.25) is 0 Å². The minimum atomic E-state index is 0.0733. The van der Waals surface area contributed by atoms with Crippen LogP contribution in [0.1, 0.15) is 24.0 Å². The number of amides is 1. The first kappa shape index (κ1) is 15.3. The summed E-state index contributed by atoms with van der Waals surface area (Å²) < 4.78 is 0. The molecule has 0 bridgehead atoms. The van der Waals surface area contributed by atoms with Crippen LogP contribution in [0.15, 0.2) is 72.8 Å². The molecule has 0 radical (unpaired) electrons. The normalized spacial score (nSPS) is 12.0. The predicted octanol–water partition coefficient (Wildman–Crippen LogP) is 4.30. The minimum Gasteiger partial charge on any atom is -0.355 e. The highest BCUT2D eigenvalue weighted by atomic mass is 16.1. The van der Waals surface area contributed by atoms with Crippen LogP contribution >= 0.6 is 0 Å². The van der Waals surface area contributed by atoms with Crippen molar-refractivity contribution in [3.63, 3.8) is 0 Å². The molecule has 3 rings (SSSR count). The van der Waals surface area contributed by atoms with Crippen LogP contribution in [0.3, 0.4) is 0 Å². The van der Waals surface area contributed by atoms with Crippen LogP contribution in [0.4, 0.5) is 0 Å². The summed E-state index contributed by atoms with van der Waals surface area (Å²) >= 11 is 0. The molecule has 3 aromatic carbocycles. The predicted molar refractivity (Wildman–Crippen MR) is 95.5 cm³/mol. The van der Waals surface area contributed by atoms with Crippen LogP contribution in [-0.4, -0.2) is 12.5 Å². The van der Waals surface area contributed by atoms with Gasteiger partial charge in [0.2, 0.25) is 5.91 Å². The third-order valence-corrected chi connectivity index (χ3v) is 4.20. The lowest BCUT2D eigenvalue weighted by atomic mass is 10.0. The van der Waals surface area contributed by atoms with Crippen LogP contribution in [0, 0.1) is 0 Å². The van der Waals surface area contributed by atoms with Crippen molar-refractivity contribution < 1.29 is 4.79 Å². The molecule has 2 heteroatoms. The number of hydrogen-bond donors (Lipinski definition) is 1. The molecule has 0 aliphatic carbocycles. The fraction of sp³-hybridized carbons (Fsp3) is 0.190. The Morgan fingerprint density at radius 1 is 0.913 bits per heavy atom. The largest absolute Gasteiger partial charge is 0.355 e. The third-order valence-electron chi connectivity index (χ3n) is 4.20. The van der Waals surface area contributed by atoms with E-state index in [9.17, 15) is 4.79 Å². The van der Waals surface area contributed by atoms with Crippen molar-refractivity contribution in [1.29, 1.82) is 0 Å². The van der Waals surface area contributed by atoms with E-state index in [1.165, 1.54) is 10.9 Å². The maximum atomic E-state index is 12.3. The topological polar surface area (TPSA) is 29.1 Å². The average Bonchev–Trinajstić information content (AvgIpc) is 2.61. The highest BCUT2D eigenvalue weighted by molar-refractivity contribution is 5.90. The Morgan fingerprint density at radius 3 is 2.43 bits per heavy atom. The third kappa shape index (κ3) is 3.78. The average molecular weight is 303 g/mol.